The maximum Gasteiger partial charge on any atom is 0.237 e. The number of carbonyl (C=O) groups is 2. The quantitative estimate of drug-likeness (QED) is 0.823. The Hall–Kier alpha value is -1.40. The first-order chi connectivity index (χ1) is 11.7. The number of hydrogen-bond donors (Lipinski definition) is 2. The highest BCUT2D eigenvalue weighted by molar-refractivity contribution is 7.07. The largest absolute Gasteiger partial charge is 0.354 e. The third kappa shape index (κ3) is 4.80. The van der Waals surface area contributed by atoms with Crippen LogP contribution in [0.2, 0.25) is 0 Å². The molecule has 2 N–H and O–H groups in total. The summed E-state index contributed by atoms with van der Waals surface area (Å²) in [6.45, 7) is 3.26. The average molecular weight is 350 g/mol. The zero-order chi connectivity index (χ0) is 16.8. The molecule has 2 atom stereocenters. The number of carbonyl (C=O) groups excluding carboxylic acids is 2. The number of amides is 2. The van der Waals surface area contributed by atoms with Crippen molar-refractivity contribution >= 4 is 23.2 Å². The van der Waals surface area contributed by atoms with Crippen LogP contribution in [0.1, 0.15) is 37.7 Å². The van der Waals surface area contributed by atoms with E-state index in [4.69, 9.17) is 0 Å². The zero-order valence-corrected chi connectivity index (χ0v) is 14.9. The topological polar surface area (TPSA) is 61.4 Å². The van der Waals surface area contributed by atoms with Crippen molar-refractivity contribution in [2.45, 2.75) is 44.6 Å². The fourth-order valence-corrected chi connectivity index (χ4v) is 4.28. The SMILES string of the molecule is O=C(NC[C@H]1CCCN(C(=O)CCc2ccsc2)C1)[C@@H]1CCCN1. The first-order valence-corrected chi connectivity index (χ1v) is 9.96. The van der Waals surface area contributed by atoms with Crippen LogP contribution in [-0.4, -0.2) is 48.9 Å². The van der Waals surface area contributed by atoms with E-state index < -0.39 is 0 Å². The van der Waals surface area contributed by atoms with Gasteiger partial charge in [-0.3, -0.25) is 9.59 Å². The van der Waals surface area contributed by atoms with Crippen molar-refractivity contribution in [2.75, 3.05) is 26.2 Å². The van der Waals surface area contributed by atoms with E-state index in [2.05, 4.69) is 27.5 Å². The molecule has 0 radical (unpaired) electrons. The fourth-order valence-electron chi connectivity index (χ4n) is 3.58. The van der Waals surface area contributed by atoms with E-state index in [1.165, 1.54) is 5.56 Å². The van der Waals surface area contributed by atoms with Gasteiger partial charge in [-0.15, -0.1) is 0 Å². The molecule has 2 amide bonds. The van der Waals surface area contributed by atoms with Gasteiger partial charge in [0.1, 0.15) is 0 Å². The van der Waals surface area contributed by atoms with Crippen molar-refractivity contribution in [3.05, 3.63) is 22.4 Å². The second-order valence-electron chi connectivity index (χ2n) is 6.87. The summed E-state index contributed by atoms with van der Waals surface area (Å²) in [6.07, 6.45) is 5.55. The van der Waals surface area contributed by atoms with Crippen LogP contribution in [0.15, 0.2) is 16.8 Å². The number of likely N-dealkylation sites (tertiary alicyclic amines) is 1. The van der Waals surface area contributed by atoms with Crippen LogP contribution in [0.3, 0.4) is 0 Å². The van der Waals surface area contributed by atoms with Gasteiger partial charge in [0.2, 0.25) is 11.8 Å². The van der Waals surface area contributed by atoms with Crippen LogP contribution in [0.25, 0.3) is 0 Å². The van der Waals surface area contributed by atoms with E-state index in [-0.39, 0.29) is 17.9 Å². The summed E-state index contributed by atoms with van der Waals surface area (Å²) in [4.78, 5) is 26.5. The molecule has 24 heavy (non-hydrogen) atoms. The number of nitrogens with one attached hydrogen (secondary N) is 2. The van der Waals surface area contributed by atoms with E-state index >= 15 is 0 Å². The molecule has 0 unspecified atom stereocenters. The molecule has 6 heteroatoms. The number of aryl methyl sites for hydroxylation is 1. The molecule has 2 aliphatic heterocycles. The highest BCUT2D eigenvalue weighted by Crippen LogP contribution is 2.18. The van der Waals surface area contributed by atoms with Gasteiger partial charge in [0.25, 0.3) is 0 Å². The fraction of sp³-hybridized carbons (Fsp3) is 0.667. The van der Waals surface area contributed by atoms with E-state index in [1.54, 1.807) is 11.3 Å². The molecular weight excluding hydrogens is 322 g/mol. The second-order valence-corrected chi connectivity index (χ2v) is 7.65. The molecule has 0 spiro atoms. The monoisotopic (exact) mass is 349 g/mol. The van der Waals surface area contributed by atoms with E-state index in [1.807, 2.05) is 4.90 Å². The molecule has 1 aromatic heterocycles. The summed E-state index contributed by atoms with van der Waals surface area (Å²) >= 11 is 1.68. The maximum absolute atomic E-state index is 12.4. The van der Waals surface area contributed by atoms with E-state index in [0.717, 1.165) is 51.7 Å². The van der Waals surface area contributed by atoms with Crippen LogP contribution in [0.4, 0.5) is 0 Å². The molecule has 0 saturated carbocycles. The minimum absolute atomic E-state index is 0.0167. The average Bonchev–Trinajstić information content (AvgIpc) is 3.31. The van der Waals surface area contributed by atoms with Gasteiger partial charge in [0, 0.05) is 26.1 Å². The number of hydrogen-bond acceptors (Lipinski definition) is 4. The molecule has 3 rings (SSSR count). The Bertz CT molecular complexity index is 540. The first-order valence-electron chi connectivity index (χ1n) is 9.02. The lowest BCUT2D eigenvalue weighted by atomic mass is 9.97. The summed E-state index contributed by atoms with van der Waals surface area (Å²) in [5.41, 5.74) is 1.25. The number of piperidine rings is 1. The Morgan fingerprint density at radius 1 is 1.33 bits per heavy atom. The highest BCUT2D eigenvalue weighted by Gasteiger charge is 2.26. The van der Waals surface area contributed by atoms with Gasteiger partial charge in [-0.25, -0.2) is 0 Å². The summed E-state index contributed by atoms with van der Waals surface area (Å²) in [7, 11) is 0. The summed E-state index contributed by atoms with van der Waals surface area (Å²) in [5, 5.41) is 10.5. The maximum atomic E-state index is 12.4. The molecule has 0 aromatic carbocycles. The highest BCUT2D eigenvalue weighted by atomic mass is 32.1. The van der Waals surface area contributed by atoms with Crippen LogP contribution in [-0.2, 0) is 16.0 Å². The molecule has 3 heterocycles. The smallest absolute Gasteiger partial charge is 0.237 e. The van der Waals surface area contributed by atoms with Crippen LogP contribution < -0.4 is 10.6 Å². The van der Waals surface area contributed by atoms with Gasteiger partial charge in [0.15, 0.2) is 0 Å². The lowest BCUT2D eigenvalue weighted by Crippen LogP contribution is -2.46. The molecule has 2 fully saturated rings. The Morgan fingerprint density at radius 2 is 2.25 bits per heavy atom. The van der Waals surface area contributed by atoms with Crippen LogP contribution >= 0.6 is 11.3 Å². The first kappa shape index (κ1) is 17.4. The van der Waals surface area contributed by atoms with Gasteiger partial charge in [-0.1, -0.05) is 0 Å². The van der Waals surface area contributed by atoms with Gasteiger partial charge >= 0.3 is 0 Å². The third-order valence-electron chi connectivity index (χ3n) is 5.02. The predicted molar refractivity (Wildman–Crippen MR) is 96.0 cm³/mol. The summed E-state index contributed by atoms with van der Waals surface area (Å²) < 4.78 is 0. The minimum atomic E-state index is -0.0167. The molecule has 0 aliphatic carbocycles. The minimum Gasteiger partial charge on any atom is -0.354 e. The molecule has 1 aromatic rings. The van der Waals surface area contributed by atoms with Gasteiger partial charge in [-0.05, 0) is 67.0 Å². The molecular formula is C18H27N3O2S. The number of nitrogens with zero attached hydrogens (tertiary/aromatic N) is 1. The van der Waals surface area contributed by atoms with Crippen LogP contribution in [0, 0.1) is 5.92 Å². The molecule has 2 aliphatic rings. The second kappa shape index (κ2) is 8.62. The lowest BCUT2D eigenvalue weighted by molar-refractivity contribution is -0.132. The predicted octanol–water partition coefficient (Wildman–Crippen LogP) is 1.79. The van der Waals surface area contributed by atoms with Crippen molar-refractivity contribution in [1.82, 2.24) is 15.5 Å². The number of thiophene rings is 1. The molecule has 5 nitrogen and oxygen atoms in total. The Morgan fingerprint density at radius 3 is 3.00 bits per heavy atom. The van der Waals surface area contributed by atoms with Crippen molar-refractivity contribution in [3.8, 4) is 0 Å². The molecule has 132 valence electrons. The van der Waals surface area contributed by atoms with Gasteiger partial charge in [-0.2, -0.15) is 11.3 Å². The van der Waals surface area contributed by atoms with Crippen molar-refractivity contribution in [1.29, 1.82) is 0 Å². The summed E-state index contributed by atoms with van der Waals surface area (Å²) in [5.74, 6) is 0.747. The normalized spacial score (nSPS) is 24.1. The molecule has 2 saturated heterocycles. The van der Waals surface area contributed by atoms with Crippen molar-refractivity contribution < 1.29 is 9.59 Å². The Labute approximate surface area is 147 Å². The Kier molecular flexibility index (Phi) is 6.26. The van der Waals surface area contributed by atoms with Crippen molar-refractivity contribution in [3.63, 3.8) is 0 Å². The van der Waals surface area contributed by atoms with Gasteiger partial charge < -0.3 is 15.5 Å². The van der Waals surface area contributed by atoms with Crippen LogP contribution in [0.5, 0.6) is 0 Å². The zero-order valence-electron chi connectivity index (χ0n) is 14.1. The van der Waals surface area contributed by atoms with Gasteiger partial charge in [0.05, 0.1) is 6.04 Å². The summed E-state index contributed by atoms with van der Waals surface area (Å²) in [6, 6.07) is 2.07. The Balaban J connectivity index is 1.40. The van der Waals surface area contributed by atoms with E-state index in [9.17, 15) is 9.59 Å². The third-order valence-corrected chi connectivity index (χ3v) is 5.75. The lowest BCUT2D eigenvalue weighted by Gasteiger charge is -2.33. The number of rotatable bonds is 6. The molecule has 0 bridgehead atoms. The standard InChI is InChI=1S/C18H27N3O2S/c22-17(6-5-14-7-10-24-13-14)21-9-2-3-15(12-21)11-20-18(23)16-4-1-8-19-16/h7,10,13,15-16,19H,1-6,8-9,11-12H2,(H,20,23)/t15-,16+/m1/s1. The van der Waals surface area contributed by atoms with E-state index in [0.29, 0.717) is 18.9 Å². The van der Waals surface area contributed by atoms with Crippen molar-refractivity contribution in [2.24, 2.45) is 5.92 Å².